The Bertz CT molecular complexity index is 1080. The minimum atomic E-state index is -0.293. The first-order chi connectivity index (χ1) is 14.4. The molecule has 3 aromatic rings. The van der Waals surface area contributed by atoms with Gasteiger partial charge in [0.05, 0.1) is 12.0 Å². The molecule has 9 heteroatoms. The van der Waals surface area contributed by atoms with Crippen LogP contribution in [0.5, 0.6) is 0 Å². The molecule has 0 spiro atoms. The summed E-state index contributed by atoms with van der Waals surface area (Å²) >= 11 is 1.38. The summed E-state index contributed by atoms with van der Waals surface area (Å²) in [6, 6.07) is 1.99. The number of fused-ring (bicyclic) bond motifs is 1. The van der Waals surface area contributed by atoms with E-state index >= 15 is 0 Å². The van der Waals surface area contributed by atoms with Crippen LogP contribution in [0.25, 0.3) is 10.2 Å². The van der Waals surface area contributed by atoms with Gasteiger partial charge < -0.3 is 14.5 Å². The van der Waals surface area contributed by atoms with E-state index in [9.17, 15) is 4.79 Å². The fraction of sp³-hybridized carbons (Fsp3) is 0.476. The quantitative estimate of drug-likeness (QED) is 0.588. The monoisotopic (exact) mass is 426 g/mol. The molecular weight excluding hydrogens is 400 g/mol. The van der Waals surface area contributed by atoms with Gasteiger partial charge in [-0.1, -0.05) is 0 Å². The summed E-state index contributed by atoms with van der Waals surface area (Å²) in [7, 11) is 0. The predicted molar refractivity (Wildman–Crippen MR) is 119 cm³/mol. The molecule has 3 aromatic heterocycles. The topological polar surface area (TPSA) is 84.3 Å². The van der Waals surface area contributed by atoms with Crippen LogP contribution in [0.1, 0.15) is 39.4 Å². The second-order valence-corrected chi connectivity index (χ2v) is 8.48. The van der Waals surface area contributed by atoms with E-state index in [0.29, 0.717) is 17.3 Å². The lowest BCUT2D eigenvalue weighted by Gasteiger charge is -2.36. The maximum absolute atomic E-state index is 12.4. The Kier molecular flexibility index (Phi) is 5.55. The van der Waals surface area contributed by atoms with Crippen LogP contribution >= 0.6 is 11.3 Å². The maximum atomic E-state index is 12.4. The van der Waals surface area contributed by atoms with Gasteiger partial charge in [-0.3, -0.25) is 0 Å². The average Bonchev–Trinajstić information content (AvgIpc) is 3.03. The van der Waals surface area contributed by atoms with Crippen molar-refractivity contribution >= 4 is 39.3 Å². The first kappa shape index (κ1) is 20.5. The number of piperazine rings is 1. The summed E-state index contributed by atoms with van der Waals surface area (Å²) in [6.45, 7) is 13.2. The number of hydrogen-bond acceptors (Lipinski definition) is 9. The second-order valence-electron chi connectivity index (χ2n) is 7.48. The van der Waals surface area contributed by atoms with Crippen molar-refractivity contribution in [3.8, 4) is 0 Å². The molecule has 0 amide bonds. The molecule has 4 rings (SSSR count). The van der Waals surface area contributed by atoms with Gasteiger partial charge in [-0.05, 0) is 46.2 Å². The van der Waals surface area contributed by atoms with Crippen LogP contribution in [-0.4, -0.2) is 58.7 Å². The zero-order valence-corrected chi connectivity index (χ0v) is 18.8. The highest BCUT2D eigenvalue weighted by Gasteiger charge is 2.26. The van der Waals surface area contributed by atoms with E-state index in [1.165, 1.54) is 11.3 Å². The van der Waals surface area contributed by atoms with Gasteiger partial charge in [-0.2, -0.15) is 0 Å². The van der Waals surface area contributed by atoms with Gasteiger partial charge in [0.25, 0.3) is 0 Å². The highest BCUT2D eigenvalue weighted by molar-refractivity contribution is 7.20. The first-order valence-corrected chi connectivity index (χ1v) is 11.0. The summed E-state index contributed by atoms with van der Waals surface area (Å²) in [6.07, 6.45) is 0. The number of thiophene rings is 1. The van der Waals surface area contributed by atoms with Gasteiger partial charge in [-0.15, -0.1) is 11.3 Å². The molecule has 0 aliphatic carbocycles. The molecular formula is C21H26N6O2S. The highest BCUT2D eigenvalue weighted by Crippen LogP contribution is 2.36. The van der Waals surface area contributed by atoms with Gasteiger partial charge >= 0.3 is 5.97 Å². The van der Waals surface area contributed by atoms with Gasteiger partial charge in [0, 0.05) is 37.6 Å². The van der Waals surface area contributed by atoms with E-state index in [1.54, 1.807) is 0 Å². The number of rotatable bonds is 4. The molecule has 1 fully saturated rings. The molecule has 1 saturated heterocycles. The number of aromatic nitrogens is 4. The number of nitrogens with zero attached hydrogens (tertiary/aromatic N) is 6. The number of aryl methyl sites for hydroxylation is 4. The summed E-state index contributed by atoms with van der Waals surface area (Å²) in [5.74, 6) is 2.09. The minimum Gasteiger partial charge on any atom is -0.462 e. The van der Waals surface area contributed by atoms with Crippen molar-refractivity contribution < 1.29 is 9.53 Å². The lowest BCUT2D eigenvalue weighted by Crippen LogP contribution is -2.47. The lowest BCUT2D eigenvalue weighted by atomic mass is 10.2. The Morgan fingerprint density at radius 3 is 2.27 bits per heavy atom. The van der Waals surface area contributed by atoms with Crippen LogP contribution in [-0.2, 0) is 4.74 Å². The van der Waals surface area contributed by atoms with Crippen molar-refractivity contribution in [2.24, 2.45) is 0 Å². The normalized spacial score (nSPS) is 14.4. The second kappa shape index (κ2) is 8.14. The number of carbonyl (C=O) groups excluding carboxylic acids is 1. The molecule has 0 saturated carbocycles. The molecule has 0 bridgehead atoms. The molecule has 8 nitrogen and oxygen atoms in total. The molecule has 30 heavy (non-hydrogen) atoms. The third-order valence-electron chi connectivity index (χ3n) is 5.18. The zero-order valence-electron chi connectivity index (χ0n) is 18.0. The van der Waals surface area contributed by atoms with E-state index in [0.717, 1.165) is 65.1 Å². The van der Waals surface area contributed by atoms with Crippen molar-refractivity contribution in [2.75, 3.05) is 42.6 Å². The third-order valence-corrected chi connectivity index (χ3v) is 6.34. The summed E-state index contributed by atoms with van der Waals surface area (Å²) in [5, 5.41) is 0.949. The fourth-order valence-corrected chi connectivity index (χ4v) is 4.92. The van der Waals surface area contributed by atoms with Crippen molar-refractivity contribution in [1.82, 2.24) is 19.9 Å². The Hall–Kier alpha value is -2.81. The van der Waals surface area contributed by atoms with E-state index in [4.69, 9.17) is 9.72 Å². The predicted octanol–water partition coefficient (Wildman–Crippen LogP) is 3.22. The van der Waals surface area contributed by atoms with Crippen molar-refractivity contribution in [2.45, 2.75) is 34.6 Å². The summed E-state index contributed by atoms with van der Waals surface area (Å²) < 4.78 is 5.23. The number of carbonyl (C=O) groups is 1. The molecule has 1 aliphatic rings. The molecule has 0 radical (unpaired) electrons. The fourth-order valence-electron chi connectivity index (χ4n) is 3.81. The third kappa shape index (κ3) is 3.81. The molecule has 158 valence electrons. The van der Waals surface area contributed by atoms with Crippen molar-refractivity contribution in [3.63, 3.8) is 0 Å². The summed E-state index contributed by atoms with van der Waals surface area (Å²) in [5.41, 5.74) is 2.85. The Morgan fingerprint density at radius 2 is 1.63 bits per heavy atom. The molecule has 4 heterocycles. The average molecular weight is 427 g/mol. The van der Waals surface area contributed by atoms with Gasteiger partial charge in [0.2, 0.25) is 5.95 Å². The molecule has 0 atom stereocenters. The summed E-state index contributed by atoms with van der Waals surface area (Å²) in [4.78, 5) is 36.8. The van der Waals surface area contributed by atoms with Crippen LogP contribution < -0.4 is 9.80 Å². The first-order valence-electron chi connectivity index (χ1n) is 10.1. The number of ether oxygens (including phenoxy) is 1. The molecule has 1 aliphatic heterocycles. The largest absolute Gasteiger partial charge is 0.462 e. The van der Waals surface area contributed by atoms with Crippen LogP contribution in [0.15, 0.2) is 6.07 Å². The van der Waals surface area contributed by atoms with Crippen molar-refractivity contribution in [1.29, 1.82) is 0 Å². The van der Waals surface area contributed by atoms with E-state index in [-0.39, 0.29) is 5.97 Å². The van der Waals surface area contributed by atoms with Crippen LogP contribution in [0.4, 0.5) is 11.8 Å². The highest BCUT2D eigenvalue weighted by atomic mass is 32.1. The Labute approximate surface area is 179 Å². The Balaban J connectivity index is 1.63. The van der Waals surface area contributed by atoms with E-state index < -0.39 is 0 Å². The number of anilines is 2. The smallest absolute Gasteiger partial charge is 0.348 e. The van der Waals surface area contributed by atoms with E-state index in [2.05, 4.69) is 24.8 Å². The number of hydrogen-bond donors (Lipinski definition) is 0. The Morgan fingerprint density at radius 1 is 1.00 bits per heavy atom. The van der Waals surface area contributed by atoms with Gasteiger partial charge in [0.15, 0.2) is 0 Å². The maximum Gasteiger partial charge on any atom is 0.348 e. The van der Waals surface area contributed by atoms with Crippen LogP contribution in [0.2, 0.25) is 0 Å². The minimum absolute atomic E-state index is 0.293. The standard InChI is InChI=1S/C21H26N6O2S/c1-6-29-20(28)17-14(4)16-18(24-15(5)25-19(16)30-17)26-7-9-27(10-8-26)21-22-12(2)11-13(3)23-21/h11H,6-10H2,1-5H3. The number of esters is 1. The van der Waals surface area contributed by atoms with Crippen LogP contribution in [0, 0.1) is 27.7 Å². The van der Waals surface area contributed by atoms with Gasteiger partial charge in [0.1, 0.15) is 21.3 Å². The van der Waals surface area contributed by atoms with E-state index in [1.807, 2.05) is 40.7 Å². The molecule has 0 N–H and O–H groups in total. The van der Waals surface area contributed by atoms with Crippen LogP contribution in [0.3, 0.4) is 0 Å². The molecule has 0 aromatic carbocycles. The lowest BCUT2D eigenvalue weighted by molar-refractivity contribution is 0.0531. The molecule has 0 unspecified atom stereocenters. The SMILES string of the molecule is CCOC(=O)c1sc2nc(C)nc(N3CCN(c4nc(C)cc(C)n4)CC3)c2c1C. The van der Waals surface area contributed by atoms with Gasteiger partial charge in [-0.25, -0.2) is 24.7 Å². The zero-order chi connectivity index (χ0) is 21.4. The van der Waals surface area contributed by atoms with Crippen molar-refractivity contribution in [3.05, 3.63) is 33.7 Å².